The van der Waals surface area contributed by atoms with Gasteiger partial charge in [0.15, 0.2) is 0 Å². The molecule has 2 aromatic rings. The molecule has 1 heterocycles. The third kappa shape index (κ3) is 3.83. The average molecular weight is 434 g/mol. The van der Waals surface area contributed by atoms with Crippen LogP contribution in [0.3, 0.4) is 0 Å². The number of ether oxygens (including phenoxy) is 1. The van der Waals surface area contributed by atoms with Crippen LogP contribution >= 0.6 is 0 Å². The number of piperazine rings is 1. The van der Waals surface area contributed by atoms with Gasteiger partial charge in [0.1, 0.15) is 5.75 Å². The minimum Gasteiger partial charge on any atom is -0.495 e. The number of para-hydroxylation sites is 2. The largest absolute Gasteiger partial charge is 0.495 e. The van der Waals surface area contributed by atoms with Crippen LogP contribution in [0.25, 0.3) is 0 Å². The van der Waals surface area contributed by atoms with Crippen LogP contribution in [0.4, 0.5) is 11.4 Å². The van der Waals surface area contributed by atoms with Crippen LogP contribution in [0.15, 0.2) is 48.5 Å². The van der Waals surface area contributed by atoms with Gasteiger partial charge in [-0.15, -0.1) is 0 Å². The van der Waals surface area contributed by atoms with E-state index in [0.717, 1.165) is 67.9 Å². The average Bonchev–Trinajstić information content (AvgIpc) is 3.65. The molecule has 0 spiro atoms. The van der Waals surface area contributed by atoms with E-state index >= 15 is 0 Å². The Bertz CT molecular complexity index is 988. The Labute approximate surface area is 189 Å². The van der Waals surface area contributed by atoms with E-state index in [0.29, 0.717) is 13.1 Å². The number of nitrogens with zero attached hydrogens (tertiary/aromatic N) is 2. The second-order valence-corrected chi connectivity index (χ2v) is 9.23. The molecule has 0 aromatic heterocycles. The van der Waals surface area contributed by atoms with E-state index in [4.69, 9.17) is 4.74 Å². The molecule has 1 N–H and O–H groups in total. The zero-order valence-corrected chi connectivity index (χ0v) is 18.7. The maximum absolute atomic E-state index is 13.6. The SMILES string of the molecule is COc1ccccc1N1CCN(C(=O)C2(c3ccc(NC(=O)C4CC4)cc3)CCC2)CC1. The molecule has 2 amide bonds. The van der Waals surface area contributed by atoms with Crippen molar-refractivity contribution in [3.8, 4) is 5.75 Å². The number of hydrogen-bond donors (Lipinski definition) is 1. The standard InChI is InChI=1S/C26H31N3O3/c1-32-23-6-3-2-5-22(23)28-15-17-29(18-16-28)25(31)26(13-4-14-26)20-9-11-21(12-10-20)27-24(30)19-7-8-19/h2-3,5-6,9-12,19H,4,7-8,13-18H2,1H3,(H,27,30). The highest BCUT2D eigenvalue weighted by atomic mass is 16.5. The maximum Gasteiger partial charge on any atom is 0.233 e. The number of benzene rings is 2. The van der Waals surface area contributed by atoms with Crippen molar-refractivity contribution >= 4 is 23.2 Å². The number of rotatable bonds is 6. The van der Waals surface area contributed by atoms with Crippen molar-refractivity contribution in [3.05, 3.63) is 54.1 Å². The molecule has 3 fully saturated rings. The number of hydrogen-bond acceptors (Lipinski definition) is 4. The molecule has 32 heavy (non-hydrogen) atoms. The Balaban J connectivity index is 1.25. The minimum atomic E-state index is -0.411. The Morgan fingerprint density at radius 1 is 0.969 bits per heavy atom. The molecule has 0 radical (unpaired) electrons. The summed E-state index contributed by atoms with van der Waals surface area (Å²) < 4.78 is 5.51. The molecule has 6 heteroatoms. The van der Waals surface area contributed by atoms with Crippen LogP contribution in [-0.2, 0) is 15.0 Å². The molecular weight excluding hydrogens is 402 g/mol. The topological polar surface area (TPSA) is 61.9 Å². The lowest BCUT2D eigenvalue weighted by Gasteiger charge is -2.46. The van der Waals surface area contributed by atoms with Gasteiger partial charge < -0.3 is 19.9 Å². The summed E-state index contributed by atoms with van der Waals surface area (Å²) in [5, 5.41) is 2.99. The molecule has 5 rings (SSSR count). The van der Waals surface area contributed by atoms with E-state index in [2.05, 4.69) is 16.3 Å². The van der Waals surface area contributed by atoms with Gasteiger partial charge >= 0.3 is 0 Å². The zero-order chi connectivity index (χ0) is 22.1. The smallest absolute Gasteiger partial charge is 0.233 e. The Morgan fingerprint density at radius 2 is 1.66 bits per heavy atom. The quantitative estimate of drug-likeness (QED) is 0.753. The summed E-state index contributed by atoms with van der Waals surface area (Å²) in [6, 6.07) is 16.0. The first-order valence-corrected chi connectivity index (χ1v) is 11.7. The van der Waals surface area contributed by atoms with Crippen molar-refractivity contribution in [3.63, 3.8) is 0 Å². The lowest BCUT2D eigenvalue weighted by atomic mass is 9.63. The van der Waals surface area contributed by atoms with Crippen LogP contribution in [0, 0.1) is 5.92 Å². The predicted molar refractivity (Wildman–Crippen MR) is 125 cm³/mol. The maximum atomic E-state index is 13.6. The molecule has 2 aliphatic carbocycles. The molecular formula is C26H31N3O3. The van der Waals surface area contributed by atoms with Gasteiger partial charge in [-0.3, -0.25) is 9.59 Å². The molecule has 2 aromatic carbocycles. The third-order valence-electron chi connectivity index (χ3n) is 7.26. The Morgan fingerprint density at radius 3 is 2.25 bits per heavy atom. The molecule has 0 unspecified atom stereocenters. The van der Waals surface area contributed by atoms with Gasteiger partial charge in [-0.1, -0.05) is 30.7 Å². The first-order chi connectivity index (χ1) is 15.6. The second kappa shape index (κ2) is 8.49. The number of carbonyl (C=O) groups excluding carboxylic acids is 2. The predicted octanol–water partition coefficient (Wildman–Crippen LogP) is 3.81. The van der Waals surface area contributed by atoms with E-state index < -0.39 is 5.41 Å². The Kier molecular flexibility index (Phi) is 5.53. The van der Waals surface area contributed by atoms with Gasteiger partial charge in [0, 0.05) is 37.8 Å². The summed E-state index contributed by atoms with van der Waals surface area (Å²) in [4.78, 5) is 30.0. The van der Waals surface area contributed by atoms with E-state index in [1.54, 1.807) is 7.11 Å². The highest BCUT2D eigenvalue weighted by Crippen LogP contribution is 2.46. The highest BCUT2D eigenvalue weighted by Gasteiger charge is 2.48. The normalized spacial score (nSPS) is 19.8. The number of carbonyl (C=O) groups is 2. The zero-order valence-electron chi connectivity index (χ0n) is 18.7. The molecule has 2 saturated carbocycles. The highest BCUT2D eigenvalue weighted by molar-refractivity contribution is 5.94. The van der Waals surface area contributed by atoms with Crippen LogP contribution in [0.1, 0.15) is 37.7 Å². The van der Waals surface area contributed by atoms with Gasteiger partial charge in [0.05, 0.1) is 18.2 Å². The fourth-order valence-corrected chi connectivity index (χ4v) is 4.96. The summed E-state index contributed by atoms with van der Waals surface area (Å²) in [5.74, 6) is 1.42. The monoisotopic (exact) mass is 433 g/mol. The van der Waals surface area contributed by atoms with Crippen LogP contribution in [0.5, 0.6) is 5.75 Å². The van der Waals surface area contributed by atoms with Crippen LogP contribution in [-0.4, -0.2) is 50.0 Å². The van der Waals surface area contributed by atoms with Gasteiger partial charge in [0.25, 0.3) is 0 Å². The summed E-state index contributed by atoms with van der Waals surface area (Å²) in [7, 11) is 1.70. The summed E-state index contributed by atoms with van der Waals surface area (Å²) in [6.45, 7) is 3.03. The Hall–Kier alpha value is -3.02. The summed E-state index contributed by atoms with van der Waals surface area (Å²) in [5.41, 5.74) is 2.57. The molecule has 1 aliphatic heterocycles. The first kappa shape index (κ1) is 20.9. The van der Waals surface area contributed by atoms with E-state index in [9.17, 15) is 9.59 Å². The van der Waals surface area contributed by atoms with Crippen molar-refractivity contribution in [1.82, 2.24) is 4.90 Å². The number of anilines is 2. The van der Waals surface area contributed by atoms with E-state index in [-0.39, 0.29) is 17.7 Å². The van der Waals surface area contributed by atoms with Crippen molar-refractivity contribution in [2.75, 3.05) is 43.5 Å². The summed E-state index contributed by atoms with van der Waals surface area (Å²) >= 11 is 0. The van der Waals surface area contributed by atoms with Crippen molar-refractivity contribution < 1.29 is 14.3 Å². The fraction of sp³-hybridized carbons (Fsp3) is 0.462. The number of amides is 2. The van der Waals surface area contributed by atoms with Crippen molar-refractivity contribution in [2.24, 2.45) is 5.92 Å². The fourth-order valence-electron chi connectivity index (χ4n) is 4.96. The van der Waals surface area contributed by atoms with Gasteiger partial charge in [-0.2, -0.15) is 0 Å². The number of nitrogens with one attached hydrogen (secondary N) is 1. The van der Waals surface area contributed by atoms with E-state index in [1.165, 1.54) is 0 Å². The van der Waals surface area contributed by atoms with Gasteiger partial charge in [0.2, 0.25) is 11.8 Å². The second-order valence-electron chi connectivity index (χ2n) is 9.23. The van der Waals surface area contributed by atoms with Crippen molar-refractivity contribution in [1.29, 1.82) is 0 Å². The van der Waals surface area contributed by atoms with Crippen LogP contribution in [0.2, 0.25) is 0 Å². The van der Waals surface area contributed by atoms with Gasteiger partial charge in [-0.05, 0) is 55.5 Å². The number of methoxy groups -OCH3 is 1. The molecule has 0 atom stereocenters. The molecule has 6 nitrogen and oxygen atoms in total. The minimum absolute atomic E-state index is 0.111. The molecule has 3 aliphatic rings. The van der Waals surface area contributed by atoms with Crippen LogP contribution < -0.4 is 15.0 Å². The molecule has 0 bridgehead atoms. The van der Waals surface area contributed by atoms with E-state index in [1.807, 2.05) is 47.4 Å². The van der Waals surface area contributed by atoms with Gasteiger partial charge in [-0.25, -0.2) is 0 Å². The molecule has 168 valence electrons. The summed E-state index contributed by atoms with van der Waals surface area (Å²) in [6.07, 6.45) is 4.85. The van der Waals surface area contributed by atoms with Crippen molar-refractivity contribution in [2.45, 2.75) is 37.5 Å². The lowest BCUT2D eigenvalue weighted by Crippen LogP contribution is -2.56. The first-order valence-electron chi connectivity index (χ1n) is 11.7. The lowest BCUT2D eigenvalue weighted by molar-refractivity contribution is -0.141. The third-order valence-corrected chi connectivity index (χ3v) is 7.26. The molecule has 1 saturated heterocycles.